The van der Waals surface area contributed by atoms with Crippen molar-refractivity contribution in [1.82, 2.24) is 4.31 Å². The zero-order valence-electron chi connectivity index (χ0n) is 11.6. The Labute approximate surface area is 123 Å². The lowest BCUT2D eigenvalue weighted by Crippen LogP contribution is -2.46. The summed E-state index contributed by atoms with van der Waals surface area (Å²) in [7, 11) is -3.81. The number of nitrogens with two attached hydrogens (primary N) is 1. The van der Waals surface area contributed by atoms with E-state index in [0.717, 1.165) is 0 Å². The van der Waals surface area contributed by atoms with E-state index in [1.54, 1.807) is 11.8 Å². The third-order valence-electron chi connectivity index (χ3n) is 3.24. The molecule has 0 unspecified atom stereocenters. The van der Waals surface area contributed by atoms with Crippen LogP contribution in [0.25, 0.3) is 0 Å². The number of rotatable bonds is 3. The summed E-state index contributed by atoms with van der Waals surface area (Å²) in [5.74, 6) is -0.0111. The van der Waals surface area contributed by atoms with Crippen LogP contribution < -0.4 is 5.73 Å². The monoisotopic (exact) mass is 318 g/mol. The first-order chi connectivity index (χ1) is 9.26. The van der Waals surface area contributed by atoms with E-state index in [0.29, 0.717) is 24.4 Å². The highest BCUT2D eigenvalue weighted by molar-refractivity contribution is 8.00. The van der Waals surface area contributed by atoms with Crippen LogP contribution in [-0.4, -0.2) is 36.3 Å². The summed E-state index contributed by atoms with van der Waals surface area (Å²) < 4.78 is 40.3. The average Bonchev–Trinajstić information content (AvgIpc) is 2.38. The molecule has 0 amide bonds. The highest BCUT2D eigenvalue weighted by Crippen LogP contribution is 2.33. The first kappa shape index (κ1) is 15.8. The van der Waals surface area contributed by atoms with Crippen LogP contribution in [-0.2, 0) is 16.6 Å². The van der Waals surface area contributed by atoms with E-state index in [1.165, 1.54) is 22.5 Å². The van der Waals surface area contributed by atoms with Crippen molar-refractivity contribution in [2.45, 2.75) is 30.0 Å². The average molecular weight is 318 g/mol. The Hall–Kier alpha value is -0.630. The Kier molecular flexibility index (Phi) is 4.44. The first-order valence-corrected chi connectivity index (χ1v) is 8.81. The molecule has 0 bridgehead atoms. The molecule has 1 aliphatic rings. The van der Waals surface area contributed by atoms with Crippen LogP contribution in [0.3, 0.4) is 0 Å². The summed E-state index contributed by atoms with van der Waals surface area (Å²) in [6, 6.07) is 4.00. The van der Waals surface area contributed by atoms with Gasteiger partial charge in [0.1, 0.15) is 10.7 Å². The lowest BCUT2D eigenvalue weighted by atomic mass is 10.2. The molecule has 0 radical (unpaired) electrons. The third kappa shape index (κ3) is 3.16. The molecule has 2 N–H and O–H groups in total. The van der Waals surface area contributed by atoms with Gasteiger partial charge >= 0.3 is 0 Å². The number of hydrogen-bond donors (Lipinski definition) is 1. The molecule has 1 aliphatic heterocycles. The van der Waals surface area contributed by atoms with Gasteiger partial charge in [-0.3, -0.25) is 0 Å². The fraction of sp³-hybridized carbons (Fsp3) is 0.538. The molecule has 0 aliphatic carbocycles. The van der Waals surface area contributed by atoms with E-state index in [2.05, 4.69) is 0 Å². The largest absolute Gasteiger partial charge is 0.326 e. The standard InChI is InChI=1S/C13H19FN2O2S2/c1-13(2)9-16(5-6-19-13)20(17,18)12-7-10(8-15)3-4-11(12)14/h3-4,7H,5-6,8-9,15H2,1-2H3. The van der Waals surface area contributed by atoms with E-state index in [1.807, 2.05) is 13.8 Å². The lowest BCUT2D eigenvalue weighted by Gasteiger charge is -2.36. The van der Waals surface area contributed by atoms with Crippen LogP contribution >= 0.6 is 11.8 Å². The zero-order valence-corrected chi connectivity index (χ0v) is 13.2. The van der Waals surface area contributed by atoms with Gasteiger partial charge in [-0.1, -0.05) is 6.07 Å². The molecule has 0 saturated carbocycles. The van der Waals surface area contributed by atoms with Crippen molar-refractivity contribution in [2.24, 2.45) is 5.73 Å². The fourth-order valence-electron chi connectivity index (χ4n) is 2.19. The van der Waals surface area contributed by atoms with Crippen LogP contribution in [0.1, 0.15) is 19.4 Å². The fourth-order valence-corrected chi connectivity index (χ4v) is 5.22. The van der Waals surface area contributed by atoms with Crippen molar-refractivity contribution >= 4 is 21.8 Å². The molecule has 4 nitrogen and oxygen atoms in total. The number of nitrogens with zero attached hydrogens (tertiary/aromatic N) is 1. The van der Waals surface area contributed by atoms with Crippen molar-refractivity contribution < 1.29 is 12.8 Å². The Morgan fingerprint density at radius 1 is 1.45 bits per heavy atom. The highest BCUT2D eigenvalue weighted by Gasteiger charge is 2.35. The van der Waals surface area contributed by atoms with Crippen LogP contribution in [0, 0.1) is 5.82 Å². The van der Waals surface area contributed by atoms with E-state index in [9.17, 15) is 12.8 Å². The zero-order chi connectivity index (χ0) is 15.0. The summed E-state index contributed by atoms with van der Waals surface area (Å²) in [6.45, 7) is 4.96. The van der Waals surface area contributed by atoms with Crippen LogP contribution in [0.15, 0.2) is 23.1 Å². The molecule has 1 aromatic rings. The molecule has 1 fully saturated rings. The smallest absolute Gasteiger partial charge is 0.246 e. The van der Waals surface area contributed by atoms with Gasteiger partial charge in [-0.25, -0.2) is 12.8 Å². The molecule has 0 atom stereocenters. The summed E-state index contributed by atoms with van der Waals surface area (Å²) in [4.78, 5) is -0.275. The number of hydrogen-bond acceptors (Lipinski definition) is 4. The summed E-state index contributed by atoms with van der Waals surface area (Å²) in [5, 5.41) is 0. The van der Waals surface area contributed by atoms with Crippen molar-refractivity contribution in [2.75, 3.05) is 18.8 Å². The van der Waals surface area contributed by atoms with Gasteiger partial charge in [-0.2, -0.15) is 16.1 Å². The minimum atomic E-state index is -3.81. The van der Waals surface area contributed by atoms with Crippen molar-refractivity contribution in [3.63, 3.8) is 0 Å². The molecule has 2 rings (SSSR count). The molecule has 112 valence electrons. The predicted octanol–water partition coefficient (Wildman–Crippen LogP) is 1.80. The minimum Gasteiger partial charge on any atom is -0.326 e. The van der Waals surface area contributed by atoms with Crippen molar-refractivity contribution in [1.29, 1.82) is 0 Å². The predicted molar refractivity (Wildman–Crippen MR) is 79.6 cm³/mol. The molecule has 1 aromatic carbocycles. The first-order valence-electron chi connectivity index (χ1n) is 6.39. The quantitative estimate of drug-likeness (QED) is 0.923. The van der Waals surface area contributed by atoms with Crippen LogP contribution in [0.2, 0.25) is 0 Å². The molecule has 20 heavy (non-hydrogen) atoms. The lowest BCUT2D eigenvalue weighted by molar-refractivity contribution is 0.385. The number of halogens is 1. The van der Waals surface area contributed by atoms with Gasteiger partial charge in [-0.05, 0) is 31.5 Å². The van der Waals surface area contributed by atoms with Gasteiger partial charge in [0.25, 0.3) is 0 Å². The number of benzene rings is 1. The van der Waals surface area contributed by atoms with E-state index < -0.39 is 15.8 Å². The maximum absolute atomic E-state index is 13.9. The van der Waals surface area contributed by atoms with Crippen molar-refractivity contribution in [3.05, 3.63) is 29.6 Å². The second-order valence-electron chi connectivity index (χ2n) is 5.42. The van der Waals surface area contributed by atoms with Gasteiger partial charge in [0.15, 0.2) is 0 Å². The molecular formula is C13H19FN2O2S2. The van der Waals surface area contributed by atoms with Crippen molar-refractivity contribution in [3.8, 4) is 0 Å². The molecule has 0 spiro atoms. The van der Waals surface area contributed by atoms with E-state index in [-0.39, 0.29) is 16.2 Å². The van der Waals surface area contributed by atoms with Gasteiger partial charge in [0.2, 0.25) is 10.0 Å². The van der Waals surface area contributed by atoms with Gasteiger partial charge in [-0.15, -0.1) is 0 Å². The Morgan fingerprint density at radius 3 is 2.75 bits per heavy atom. The third-order valence-corrected chi connectivity index (χ3v) is 6.40. The Bertz CT molecular complexity index is 602. The topological polar surface area (TPSA) is 63.4 Å². The van der Waals surface area contributed by atoms with Crippen LogP contribution in [0.4, 0.5) is 4.39 Å². The maximum Gasteiger partial charge on any atom is 0.246 e. The maximum atomic E-state index is 13.9. The minimum absolute atomic E-state index is 0.159. The SMILES string of the molecule is CC1(C)CN(S(=O)(=O)c2cc(CN)ccc2F)CCS1. The second kappa shape index (κ2) is 5.63. The molecular weight excluding hydrogens is 299 g/mol. The van der Waals surface area contributed by atoms with E-state index in [4.69, 9.17) is 5.73 Å². The van der Waals surface area contributed by atoms with Gasteiger partial charge < -0.3 is 5.73 Å². The molecule has 0 aromatic heterocycles. The van der Waals surface area contributed by atoms with Gasteiger partial charge in [0, 0.05) is 30.1 Å². The Balaban J connectivity index is 2.40. The van der Waals surface area contributed by atoms with Gasteiger partial charge in [0.05, 0.1) is 0 Å². The highest BCUT2D eigenvalue weighted by atomic mass is 32.2. The molecule has 7 heteroatoms. The second-order valence-corrected chi connectivity index (χ2v) is 9.12. The van der Waals surface area contributed by atoms with Crippen LogP contribution in [0.5, 0.6) is 0 Å². The summed E-state index contributed by atoms with van der Waals surface area (Å²) in [6.07, 6.45) is 0. The van der Waals surface area contributed by atoms with E-state index >= 15 is 0 Å². The summed E-state index contributed by atoms with van der Waals surface area (Å²) in [5.41, 5.74) is 6.11. The summed E-state index contributed by atoms with van der Waals surface area (Å²) >= 11 is 1.73. The molecule has 1 heterocycles. The number of sulfonamides is 1. The normalized spacial score (nSPS) is 20.0. The molecule has 1 saturated heterocycles. The number of thioether (sulfide) groups is 1. The Morgan fingerprint density at radius 2 is 2.15 bits per heavy atom.